The van der Waals surface area contributed by atoms with E-state index in [9.17, 15) is 13.2 Å². The van der Waals surface area contributed by atoms with E-state index in [1.165, 1.54) is 18.4 Å². The predicted octanol–water partition coefficient (Wildman–Crippen LogP) is 4.68. The number of hydrogen-bond acceptors (Lipinski definition) is 5. The van der Waals surface area contributed by atoms with E-state index in [-0.39, 0.29) is 17.3 Å². The molecular formula is C16H12F3N3O2. The SMILES string of the molecule is FC(F)(F)c1cccc(-c2noc(-c3coc(C4CCC4)n3)n2)c1. The lowest BCUT2D eigenvalue weighted by atomic mass is 9.85. The second-order valence-corrected chi connectivity index (χ2v) is 5.70. The summed E-state index contributed by atoms with van der Waals surface area (Å²) in [7, 11) is 0. The van der Waals surface area contributed by atoms with Gasteiger partial charge < -0.3 is 8.94 Å². The van der Waals surface area contributed by atoms with Gasteiger partial charge in [0.2, 0.25) is 5.82 Å². The quantitative estimate of drug-likeness (QED) is 0.695. The second kappa shape index (κ2) is 5.47. The van der Waals surface area contributed by atoms with Gasteiger partial charge in [-0.05, 0) is 25.0 Å². The zero-order valence-corrected chi connectivity index (χ0v) is 12.4. The summed E-state index contributed by atoms with van der Waals surface area (Å²) in [4.78, 5) is 8.45. The van der Waals surface area contributed by atoms with Gasteiger partial charge in [0, 0.05) is 11.5 Å². The Balaban J connectivity index is 1.62. The second-order valence-electron chi connectivity index (χ2n) is 5.70. The van der Waals surface area contributed by atoms with Crippen molar-refractivity contribution in [2.24, 2.45) is 0 Å². The Labute approximate surface area is 134 Å². The third-order valence-electron chi connectivity index (χ3n) is 4.07. The van der Waals surface area contributed by atoms with Crippen LogP contribution in [0.5, 0.6) is 0 Å². The molecule has 1 aromatic carbocycles. The molecule has 5 nitrogen and oxygen atoms in total. The van der Waals surface area contributed by atoms with Crippen LogP contribution in [0.1, 0.15) is 36.6 Å². The molecule has 2 aromatic heterocycles. The topological polar surface area (TPSA) is 65.0 Å². The molecule has 0 saturated heterocycles. The fourth-order valence-corrected chi connectivity index (χ4v) is 2.51. The molecule has 1 aliphatic carbocycles. The highest BCUT2D eigenvalue weighted by Crippen LogP contribution is 2.37. The van der Waals surface area contributed by atoms with Crippen molar-refractivity contribution in [2.75, 3.05) is 0 Å². The molecule has 0 amide bonds. The number of nitrogens with zero attached hydrogens (tertiary/aromatic N) is 3. The summed E-state index contributed by atoms with van der Waals surface area (Å²) in [6.45, 7) is 0. The van der Waals surface area contributed by atoms with E-state index in [4.69, 9.17) is 8.94 Å². The molecule has 0 spiro atoms. The van der Waals surface area contributed by atoms with E-state index in [1.807, 2.05) is 0 Å². The van der Waals surface area contributed by atoms with Crippen LogP contribution in [0.25, 0.3) is 23.0 Å². The van der Waals surface area contributed by atoms with Gasteiger partial charge in [0.05, 0.1) is 5.56 Å². The summed E-state index contributed by atoms with van der Waals surface area (Å²) in [5.74, 6) is 1.15. The maximum absolute atomic E-state index is 12.8. The molecule has 1 saturated carbocycles. The first-order chi connectivity index (χ1) is 11.5. The van der Waals surface area contributed by atoms with Gasteiger partial charge in [0.25, 0.3) is 5.89 Å². The number of rotatable bonds is 3. The predicted molar refractivity (Wildman–Crippen MR) is 76.8 cm³/mol. The van der Waals surface area contributed by atoms with Crippen LogP contribution in [-0.4, -0.2) is 15.1 Å². The van der Waals surface area contributed by atoms with Crippen molar-refractivity contribution < 1.29 is 22.1 Å². The standard InChI is InChI=1S/C16H12F3N3O2/c17-16(18,19)11-6-2-5-10(7-11)13-21-15(24-22-13)12-8-23-14(20-12)9-3-1-4-9/h2,5-9H,1,3-4H2. The van der Waals surface area contributed by atoms with Crippen LogP contribution in [0.2, 0.25) is 0 Å². The summed E-state index contributed by atoms with van der Waals surface area (Å²) in [5.41, 5.74) is -0.148. The van der Waals surface area contributed by atoms with Crippen molar-refractivity contribution >= 4 is 0 Å². The zero-order valence-electron chi connectivity index (χ0n) is 12.4. The Hall–Kier alpha value is -2.64. The third-order valence-corrected chi connectivity index (χ3v) is 4.07. The maximum atomic E-state index is 12.8. The number of benzene rings is 1. The van der Waals surface area contributed by atoms with E-state index in [0.29, 0.717) is 17.5 Å². The lowest BCUT2D eigenvalue weighted by molar-refractivity contribution is -0.137. The highest BCUT2D eigenvalue weighted by atomic mass is 19.4. The van der Waals surface area contributed by atoms with Crippen molar-refractivity contribution in [3.8, 4) is 23.0 Å². The zero-order chi connectivity index (χ0) is 16.7. The highest BCUT2D eigenvalue weighted by Gasteiger charge is 2.31. The molecule has 0 atom stereocenters. The van der Waals surface area contributed by atoms with Crippen molar-refractivity contribution in [3.63, 3.8) is 0 Å². The van der Waals surface area contributed by atoms with Crippen LogP contribution in [0.4, 0.5) is 13.2 Å². The Morgan fingerprint density at radius 3 is 2.67 bits per heavy atom. The molecule has 0 bridgehead atoms. The van der Waals surface area contributed by atoms with Crippen molar-refractivity contribution in [1.29, 1.82) is 0 Å². The summed E-state index contributed by atoms with van der Waals surface area (Å²) < 4.78 is 48.9. The minimum Gasteiger partial charge on any atom is -0.448 e. The Bertz CT molecular complexity index is 865. The molecule has 1 aliphatic rings. The molecule has 24 heavy (non-hydrogen) atoms. The number of hydrogen-bond donors (Lipinski definition) is 0. The third kappa shape index (κ3) is 2.68. The Kier molecular flexibility index (Phi) is 3.40. The number of aromatic nitrogens is 3. The van der Waals surface area contributed by atoms with Gasteiger partial charge >= 0.3 is 6.18 Å². The van der Waals surface area contributed by atoms with Crippen LogP contribution >= 0.6 is 0 Å². The first kappa shape index (κ1) is 14.9. The summed E-state index contributed by atoms with van der Waals surface area (Å²) in [5, 5.41) is 3.74. The maximum Gasteiger partial charge on any atom is 0.416 e. The first-order valence-corrected chi connectivity index (χ1v) is 7.48. The van der Waals surface area contributed by atoms with Crippen LogP contribution in [-0.2, 0) is 6.18 Å². The van der Waals surface area contributed by atoms with Crippen LogP contribution in [0.3, 0.4) is 0 Å². The molecule has 0 N–H and O–H groups in total. The minimum absolute atomic E-state index is 0.0734. The van der Waals surface area contributed by atoms with Gasteiger partial charge in [-0.3, -0.25) is 0 Å². The van der Waals surface area contributed by atoms with Gasteiger partial charge in [-0.25, -0.2) is 4.98 Å². The highest BCUT2D eigenvalue weighted by molar-refractivity contribution is 5.58. The van der Waals surface area contributed by atoms with Crippen molar-refractivity contribution in [2.45, 2.75) is 31.4 Å². The Morgan fingerprint density at radius 1 is 1.12 bits per heavy atom. The molecule has 0 unspecified atom stereocenters. The lowest BCUT2D eigenvalue weighted by Crippen LogP contribution is -2.08. The summed E-state index contributed by atoms with van der Waals surface area (Å²) in [6, 6.07) is 4.77. The van der Waals surface area contributed by atoms with Gasteiger partial charge in [0.1, 0.15) is 6.26 Å². The monoisotopic (exact) mass is 335 g/mol. The summed E-state index contributed by atoms with van der Waals surface area (Å²) >= 11 is 0. The van der Waals surface area contributed by atoms with Gasteiger partial charge in [0.15, 0.2) is 11.6 Å². The number of oxazole rings is 1. The fraction of sp³-hybridized carbons (Fsp3) is 0.312. The number of alkyl halides is 3. The van der Waals surface area contributed by atoms with Crippen LogP contribution in [0.15, 0.2) is 39.5 Å². The summed E-state index contributed by atoms with van der Waals surface area (Å²) in [6.07, 6.45) is 0.241. The number of halogens is 3. The average molecular weight is 335 g/mol. The molecule has 1 fully saturated rings. The van der Waals surface area contributed by atoms with Gasteiger partial charge in [-0.1, -0.05) is 23.7 Å². The molecule has 2 heterocycles. The lowest BCUT2D eigenvalue weighted by Gasteiger charge is -2.21. The first-order valence-electron chi connectivity index (χ1n) is 7.48. The van der Waals surface area contributed by atoms with Crippen LogP contribution < -0.4 is 0 Å². The Morgan fingerprint density at radius 2 is 1.96 bits per heavy atom. The molecule has 3 aromatic rings. The average Bonchev–Trinajstić information content (AvgIpc) is 3.13. The van der Waals surface area contributed by atoms with Crippen LogP contribution in [0, 0.1) is 0 Å². The molecule has 124 valence electrons. The molecule has 0 radical (unpaired) electrons. The molecule has 4 rings (SSSR count). The molecule has 8 heteroatoms. The largest absolute Gasteiger partial charge is 0.448 e. The van der Waals surface area contributed by atoms with E-state index in [1.54, 1.807) is 0 Å². The van der Waals surface area contributed by atoms with Gasteiger partial charge in [-0.15, -0.1) is 0 Å². The van der Waals surface area contributed by atoms with E-state index >= 15 is 0 Å². The molecule has 0 aliphatic heterocycles. The normalized spacial score (nSPS) is 15.5. The van der Waals surface area contributed by atoms with E-state index in [2.05, 4.69) is 15.1 Å². The molecular weight excluding hydrogens is 323 g/mol. The smallest absolute Gasteiger partial charge is 0.416 e. The van der Waals surface area contributed by atoms with Crippen molar-refractivity contribution in [1.82, 2.24) is 15.1 Å². The fourth-order valence-electron chi connectivity index (χ4n) is 2.51. The minimum atomic E-state index is -4.42. The van der Waals surface area contributed by atoms with E-state index < -0.39 is 11.7 Å². The van der Waals surface area contributed by atoms with E-state index in [0.717, 1.165) is 31.4 Å². The van der Waals surface area contributed by atoms with Crippen molar-refractivity contribution in [3.05, 3.63) is 42.0 Å². The van der Waals surface area contributed by atoms with Gasteiger partial charge in [-0.2, -0.15) is 18.2 Å².